The van der Waals surface area contributed by atoms with E-state index in [4.69, 9.17) is 5.73 Å². The summed E-state index contributed by atoms with van der Waals surface area (Å²) in [5, 5.41) is 0. The van der Waals surface area contributed by atoms with Crippen molar-refractivity contribution in [3.8, 4) is 11.1 Å². The minimum atomic E-state index is -0.200. The Morgan fingerprint density at radius 2 is 1.53 bits per heavy atom. The second-order valence-electron chi connectivity index (χ2n) is 4.51. The van der Waals surface area contributed by atoms with Gasteiger partial charge in [0.2, 0.25) is 0 Å². The van der Waals surface area contributed by atoms with Crippen molar-refractivity contribution >= 4 is 5.69 Å². The topological polar surface area (TPSA) is 26.0 Å². The molecule has 0 amide bonds. The molecule has 2 rings (SSSR count). The summed E-state index contributed by atoms with van der Waals surface area (Å²) in [6.45, 7) is 5.82. The first-order valence-corrected chi connectivity index (χ1v) is 5.62. The fourth-order valence-electron chi connectivity index (χ4n) is 2.25. The number of nitrogens with two attached hydrogens (primary N) is 1. The Bertz CT molecular complexity index is 550. The monoisotopic (exact) mass is 229 g/mol. The normalized spacial score (nSPS) is 10.6. The summed E-state index contributed by atoms with van der Waals surface area (Å²) in [7, 11) is 0. The van der Waals surface area contributed by atoms with Crippen LogP contribution in [0, 0.1) is 26.6 Å². The highest BCUT2D eigenvalue weighted by Crippen LogP contribution is 2.32. The lowest BCUT2D eigenvalue weighted by Gasteiger charge is -2.13. The lowest BCUT2D eigenvalue weighted by molar-refractivity contribution is 0.625. The van der Waals surface area contributed by atoms with Gasteiger partial charge in [-0.15, -0.1) is 0 Å². The zero-order chi connectivity index (χ0) is 12.6. The Kier molecular flexibility index (Phi) is 2.88. The summed E-state index contributed by atoms with van der Waals surface area (Å²) >= 11 is 0. The molecule has 2 aromatic rings. The van der Waals surface area contributed by atoms with Crippen LogP contribution in [0.5, 0.6) is 0 Å². The number of halogens is 1. The van der Waals surface area contributed by atoms with Gasteiger partial charge in [0.05, 0.1) is 0 Å². The maximum absolute atomic E-state index is 13.3. The predicted octanol–water partition coefficient (Wildman–Crippen LogP) is 4.00. The maximum Gasteiger partial charge on any atom is 0.123 e. The summed E-state index contributed by atoms with van der Waals surface area (Å²) < 4.78 is 13.3. The van der Waals surface area contributed by atoms with Crippen LogP contribution in [0.25, 0.3) is 11.1 Å². The molecular weight excluding hydrogens is 213 g/mol. The molecule has 0 saturated heterocycles. The van der Waals surface area contributed by atoms with Crippen LogP contribution in [-0.2, 0) is 0 Å². The molecule has 0 aromatic heterocycles. The second kappa shape index (κ2) is 4.21. The van der Waals surface area contributed by atoms with Gasteiger partial charge in [-0.3, -0.25) is 0 Å². The quantitative estimate of drug-likeness (QED) is 0.735. The summed E-state index contributed by atoms with van der Waals surface area (Å²) in [5.74, 6) is -0.200. The Balaban J connectivity index is 2.68. The van der Waals surface area contributed by atoms with Gasteiger partial charge < -0.3 is 5.73 Å². The van der Waals surface area contributed by atoms with E-state index >= 15 is 0 Å². The van der Waals surface area contributed by atoms with E-state index in [1.165, 1.54) is 0 Å². The molecule has 0 radical (unpaired) electrons. The van der Waals surface area contributed by atoms with Crippen LogP contribution in [0.1, 0.15) is 16.7 Å². The van der Waals surface area contributed by atoms with E-state index in [-0.39, 0.29) is 5.82 Å². The first-order chi connectivity index (χ1) is 7.99. The highest BCUT2D eigenvalue weighted by atomic mass is 19.1. The number of aryl methyl sites for hydroxylation is 3. The molecule has 2 aromatic carbocycles. The molecule has 2 N–H and O–H groups in total. The fraction of sp³-hybridized carbons (Fsp3) is 0.200. The van der Waals surface area contributed by atoms with Gasteiger partial charge in [0.1, 0.15) is 5.82 Å². The van der Waals surface area contributed by atoms with Gasteiger partial charge in [-0.05, 0) is 61.2 Å². The molecule has 0 unspecified atom stereocenters. The van der Waals surface area contributed by atoms with Crippen LogP contribution in [0.2, 0.25) is 0 Å². The Morgan fingerprint density at radius 3 is 2.06 bits per heavy atom. The van der Waals surface area contributed by atoms with Crippen molar-refractivity contribution in [1.82, 2.24) is 0 Å². The largest absolute Gasteiger partial charge is 0.398 e. The van der Waals surface area contributed by atoms with Crippen LogP contribution >= 0.6 is 0 Å². The van der Waals surface area contributed by atoms with Crippen molar-refractivity contribution in [1.29, 1.82) is 0 Å². The highest BCUT2D eigenvalue weighted by Gasteiger charge is 2.10. The number of anilines is 1. The number of rotatable bonds is 1. The molecule has 0 heterocycles. The zero-order valence-electron chi connectivity index (χ0n) is 10.3. The highest BCUT2D eigenvalue weighted by molar-refractivity contribution is 5.81. The predicted molar refractivity (Wildman–Crippen MR) is 70.5 cm³/mol. The Labute approximate surface area is 101 Å². The van der Waals surface area contributed by atoms with E-state index in [1.54, 1.807) is 12.1 Å². The van der Waals surface area contributed by atoms with Crippen molar-refractivity contribution < 1.29 is 4.39 Å². The van der Waals surface area contributed by atoms with Gasteiger partial charge in [0.15, 0.2) is 0 Å². The molecule has 0 atom stereocenters. The van der Waals surface area contributed by atoms with Crippen LogP contribution < -0.4 is 5.73 Å². The van der Waals surface area contributed by atoms with Crippen LogP contribution in [0.4, 0.5) is 10.1 Å². The van der Waals surface area contributed by atoms with Crippen molar-refractivity contribution in [2.45, 2.75) is 20.8 Å². The van der Waals surface area contributed by atoms with Gasteiger partial charge >= 0.3 is 0 Å². The van der Waals surface area contributed by atoms with E-state index in [1.807, 2.05) is 39.0 Å². The third kappa shape index (κ3) is 2.16. The maximum atomic E-state index is 13.3. The summed E-state index contributed by atoms with van der Waals surface area (Å²) in [5.41, 5.74) is 11.7. The molecule has 0 aliphatic heterocycles. The lowest BCUT2D eigenvalue weighted by Crippen LogP contribution is -1.96. The summed E-state index contributed by atoms with van der Waals surface area (Å²) in [6, 6.07) is 9.05. The average Bonchev–Trinajstić information content (AvgIpc) is 2.19. The van der Waals surface area contributed by atoms with Gasteiger partial charge in [-0.25, -0.2) is 4.39 Å². The van der Waals surface area contributed by atoms with Crippen LogP contribution in [0.15, 0.2) is 30.3 Å². The molecule has 0 spiro atoms. The first-order valence-electron chi connectivity index (χ1n) is 5.62. The van der Waals surface area contributed by atoms with Crippen molar-refractivity contribution in [2.75, 3.05) is 5.73 Å². The molecule has 17 heavy (non-hydrogen) atoms. The number of benzene rings is 2. The SMILES string of the molecule is Cc1ccc(-c2c(C)cc(F)cc2C)c(N)c1. The summed E-state index contributed by atoms with van der Waals surface area (Å²) in [6.07, 6.45) is 0. The molecule has 88 valence electrons. The zero-order valence-corrected chi connectivity index (χ0v) is 10.3. The Morgan fingerprint density at radius 1 is 0.941 bits per heavy atom. The van der Waals surface area contributed by atoms with Crippen molar-refractivity contribution in [2.24, 2.45) is 0 Å². The van der Waals surface area contributed by atoms with Gasteiger partial charge in [0, 0.05) is 11.3 Å². The molecule has 0 aliphatic rings. The van der Waals surface area contributed by atoms with E-state index in [0.29, 0.717) is 0 Å². The molecule has 2 heteroatoms. The van der Waals surface area contributed by atoms with E-state index in [2.05, 4.69) is 0 Å². The number of hydrogen-bond acceptors (Lipinski definition) is 1. The number of nitrogen functional groups attached to an aromatic ring is 1. The number of hydrogen-bond donors (Lipinski definition) is 1. The Hall–Kier alpha value is -1.83. The van der Waals surface area contributed by atoms with Gasteiger partial charge in [0.25, 0.3) is 0 Å². The third-order valence-corrected chi connectivity index (χ3v) is 2.97. The molecule has 0 aliphatic carbocycles. The standard InChI is InChI=1S/C15H16FN/c1-9-4-5-13(14(17)6-9)15-10(2)7-12(16)8-11(15)3/h4-8H,17H2,1-3H3. The molecule has 0 saturated carbocycles. The van der Waals surface area contributed by atoms with Gasteiger partial charge in [-0.1, -0.05) is 12.1 Å². The van der Waals surface area contributed by atoms with E-state index < -0.39 is 0 Å². The summed E-state index contributed by atoms with van der Waals surface area (Å²) in [4.78, 5) is 0. The minimum absolute atomic E-state index is 0.200. The van der Waals surface area contributed by atoms with Crippen LogP contribution in [0.3, 0.4) is 0 Å². The van der Waals surface area contributed by atoms with Crippen molar-refractivity contribution in [3.63, 3.8) is 0 Å². The smallest absolute Gasteiger partial charge is 0.123 e. The molecule has 0 fully saturated rings. The first kappa shape index (κ1) is 11.6. The lowest BCUT2D eigenvalue weighted by atomic mass is 9.94. The second-order valence-corrected chi connectivity index (χ2v) is 4.51. The van der Waals surface area contributed by atoms with E-state index in [9.17, 15) is 4.39 Å². The van der Waals surface area contributed by atoms with Crippen LogP contribution in [-0.4, -0.2) is 0 Å². The van der Waals surface area contributed by atoms with E-state index in [0.717, 1.165) is 33.5 Å². The molecular formula is C15H16FN. The average molecular weight is 229 g/mol. The molecule has 1 nitrogen and oxygen atoms in total. The minimum Gasteiger partial charge on any atom is -0.398 e. The fourth-order valence-corrected chi connectivity index (χ4v) is 2.25. The van der Waals surface area contributed by atoms with Crippen molar-refractivity contribution in [3.05, 3.63) is 52.8 Å². The van der Waals surface area contributed by atoms with Gasteiger partial charge in [-0.2, -0.15) is 0 Å². The molecule has 0 bridgehead atoms. The third-order valence-electron chi connectivity index (χ3n) is 2.97.